The molecule has 2 fully saturated rings. The van der Waals surface area contributed by atoms with Crippen LogP contribution in [-0.4, -0.2) is 125 Å². The zero-order valence-corrected chi connectivity index (χ0v) is 41.7. The third kappa shape index (κ3) is 18.8. The lowest BCUT2D eigenvalue weighted by Gasteiger charge is -2.25. The van der Waals surface area contributed by atoms with Crippen molar-refractivity contribution in [1.82, 2.24) is 0 Å². The molecule has 0 bridgehead atoms. The maximum atomic E-state index is 5.70. The molecule has 0 atom stereocenters. The molecule has 3 aromatic carbocycles. The fraction of sp³-hybridized carbons (Fsp3) is 0.407. The van der Waals surface area contributed by atoms with Crippen LogP contribution in [0.1, 0.15) is 33.4 Å². The average Bonchev–Trinajstić information content (AvgIpc) is 3.37. The zero-order valence-electron chi connectivity index (χ0n) is 38.5. The number of aromatic nitrogens is 2. The Kier molecular flexibility index (Phi) is 22.7. The Hall–Kier alpha value is -3.72. The number of ether oxygens (including phenoxy) is 4. The molecular weight excluding hydrogens is 897 g/mol. The Morgan fingerprint density at radius 1 is 0.348 bits per heavy atom. The summed E-state index contributed by atoms with van der Waals surface area (Å²) in [6, 6.07) is 35.8. The predicted octanol–water partition coefficient (Wildman–Crippen LogP) is 9.34. The van der Waals surface area contributed by atoms with Gasteiger partial charge in [-0.2, -0.15) is 47.0 Å². The smallest absolute Gasteiger partial charge is 0.173 e. The molecule has 4 heterocycles. The molecule has 350 valence electrons. The quantitative estimate of drug-likeness (QED) is 0.127. The summed E-state index contributed by atoms with van der Waals surface area (Å²) in [5.41, 5.74) is 9.94. The van der Waals surface area contributed by atoms with Gasteiger partial charge in [0, 0.05) is 119 Å². The Morgan fingerprint density at radius 3 is 0.939 bits per heavy atom. The van der Waals surface area contributed by atoms with E-state index >= 15 is 0 Å². The number of rotatable bonds is 10. The summed E-state index contributed by atoms with van der Waals surface area (Å²) in [6.07, 6.45) is 17.5. The lowest BCUT2D eigenvalue weighted by atomic mass is 10.1. The van der Waals surface area contributed by atoms with E-state index in [1.54, 1.807) is 0 Å². The first-order valence-corrected chi connectivity index (χ1v) is 28.1. The van der Waals surface area contributed by atoms with Crippen molar-refractivity contribution >= 4 is 82.7 Å². The Labute approximate surface area is 411 Å². The molecule has 0 spiro atoms. The summed E-state index contributed by atoms with van der Waals surface area (Å²) in [5.74, 6) is 8.52. The number of nitrogens with zero attached hydrogens (tertiary/aromatic N) is 4. The molecule has 0 N–H and O–H groups in total. The minimum Gasteiger partial charge on any atom is -0.378 e. The maximum Gasteiger partial charge on any atom is 0.173 e. The lowest BCUT2D eigenvalue weighted by Crippen LogP contribution is -2.34. The van der Waals surface area contributed by atoms with Gasteiger partial charge in [-0.05, 0) is 46.5 Å². The largest absolute Gasteiger partial charge is 0.378 e. The van der Waals surface area contributed by atoms with Gasteiger partial charge in [-0.3, -0.25) is 0 Å². The van der Waals surface area contributed by atoms with E-state index < -0.39 is 0 Å². The van der Waals surface area contributed by atoms with Crippen LogP contribution in [0, 0.1) is 0 Å². The molecule has 2 aromatic heterocycles. The molecule has 5 aromatic rings. The van der Waals surface area contributed by atoms with E-state index in [0.717, 1.165) is 112 Å². The molecule has 0 aliphatic carbocycles. The van der Waals surface area contributed by atoms with Crippen LogP contribution in [-0.2, 0) is 32.0 Å². The van der Waals surface area contributed by atoms with Crippen molar-refractivity contribution in [3.05, 3.63) is 155 Å². The van der Waals surface area contributed by atoms with E-state index in [9.17, 15) is 0 Å². The molecule has 8 nitrogen and oxygen atoms in total. The number of thioether (sulfide) groups is 4. The molecule has 0 saturated carbocycles. The topological polar surface area (TPSA) is 51.2 Å². The van der Waals surface area contributed by atoms with Crippen molar-refractivity contribution < 1.29 is 28.1 Å². The van der Waals surface area contributed by atoms with Gasteiger partial charge in [0.2, 0.25) is 0 Å². The van der Waals surface area contributed by atoms with Crippen LogP contribution in [0.4, 0.5) is 11.4 Å². The maximum absolute atomic E-state index is 5.70. The number of pyridine rings is 2. The molecule has 0 radical (unpaired) electrons. The molecule has 2 saturated heterocycles. The Balaban J connectivity index is 0.838. The first-order chi connectivity index (χ1) is 32.7. The van der Waals surface area contributed by atoms with Gasteiger partial charge in [-0.25, -0.2) is 9.13 Å². The molecule has 0 amide bonds. The summed E-state index contributed by atoms with van der Waals surface area (Å²) in [5, 5.41) is 0. The number of benzene rings is 3. The number of hydrogen-bond acceptors (Lipinski definition) is 10. The summed E-state index contributed by atoms with van der Waals surface area (Å²) < 4.78 is 27.3. The van der Waals surface area contributed by atoms with Gasteiger partial charge in [0.1, 0.15) is 0 Å². The van der Waals surface area contributed by atoms with Crippen molar-refractivity contribution in [3.8, 4) is 0 Å². The van der Waals surface area contributed by atoms with Crippen molar-refractivity contribution in [2.24, 2.45) is 0 Å². The van der Waals surface area contributed by atoms with Gasteiger partial charge >= 0.3 is 0 Å². The van der Waals surface area contributed by atoms with E-state index in [4.69, 9.17) is 18.9 Å². The number of hydrogen-bond donors (Lipinski definition) is 0. The van der Waals surface area contributed by atoms with Crippen molar-refractivity contribution in [1.29, 1.82) is 0 Å². The Bertz CT molecular complexity index is 1950. The highest BCUT2D eigenvalue weighted by molar-refractivity contribution is 8.00. The second-order valence-corrected chi connectivity index (χ2v) is 21.0. The fourth-order valence-electron chi connectivity index (χ4n) is 7.48. The summed E-state index contributed by atoms with van der Waals surface area (Å²) in [4.78, 5) is 5.04. The average molecular weight is 965 g/mol. The number of anilines is 2. The first-order valence-electron chi connectivity index (χ1n) is 23.5. The molecule has 7 rings (SSSR count). The SMILES string of the molecule is C(=C\c1cc[n+](Cc2ccc(C[n+]3ccc(/C=C/c4ccc(N5CCSCCOCCOCCSCC5)cc4)cc3)cc2)cc1)/c1ccc(N2CCSCCOCCOCCSCC2)cc1. The van der Waals surface area contributed by atoms with E-state index in [0.29, 0.717) is 26.4 Å². The third-order valence-electron chi connectivity index (χ3n) is 11.3. The fourth-order valence-corrected chi connectivity index (χ4v) is 10.6. The van der Waals surface area contributed by atoms with Gasteiger partial charge in [-0.1, -0.05) is 72.8 Å². The van der Waals surface area contributed by atoms with E-state index in [1.165, 1.54) is 44.8 Å². The summed E-state index contributed by atoms with van der Waals surface area (Å²) >= 11 is 7.86. The highest BCUT2D eigenvalue weighted by Gasteiger charge is 2.11. The molecule has 0 unspecified atom stereocenters. The van der Waals surface area contributed by atoms with Gasteiger partial charge in [-0.15, -0.1) is 0 Å². The zero-order chi connectivity index (χ0) is 45.1. The monoisotopic (exact) mass is 964 g/mol. The molecule has 66 heavy (non-hydrogen) atoms. The predicted molar refractivity (Wildman–Crippen MR) is 286 cm³/mol. The first kappa shape index (κ1) is 50.2. The van der Waals surface area contributed by atoms with E-state index in [-0.39, 0.29) is 0 Å². The third-order valence-corrected chi connectivity index (χ3v) is 15.0. The second kappa shape index (κ2) is 29.9. The molecule has 12 heteroatoms. The second-order valence-electron chi connectivity index (χ2n) is 16.1. The molecule has 2 aliphatic rings. The van der Waals surface area contributed by atoms with E-state index in [2.05, 4.69) is 165 Å². The van der Waals surface area contributed by atoms with Crippen LogP contribution in [0.2, 0.25) is 0 Å². The van der Waals surface area contributed by atoms with Gasteiger partial charge in [0.05, 0.1) is 52.9 Å². The highest BCUT2D eigenvalue weighted by Crippen LogP contribution is 2.21. The Morgan fingerprint density at radius 2 is 0.636 bits per heavy atom. The minimum atomic E-state index is 0.695. The van der Waals surface area contributed by atoms with Crippen LogP contribution in [0.15, 0.2) is 122 Å². The van der Waals surface area contributed by atoms with Crippen LogP contribution in [0.3, 0.4) is 0 Å². The van der Waals surface area contributed by atoms with Crippen molar-refractivity contribution in [3.63, 3.8) is 0 Å². The van der Waals surface area contributed by atoms with Gasteiger partial charge in [0.25, 0.3) is 0 Å². The van der Waals surface area contributed by atoms with Crippen LogP contribution < -0.4 is 18.9 Å². The minimum absolute atomic E-state index is 0.695. The standard InChI is InChI=1S/C54H68N4O4S4/c1(47-9-13-53(14-10-47)57-25-37-63-41-33-59-29-30-60-34-42-64-38-26-57)3-49-17-21-55(22-18-49)45-51-5-7-52(8-6-51)46-56-23-19-50(20-24-56)4-2-48-11-15-54(16-12-48)58-27-39-65-43-35-61-31-32-62-36-44-66-40-28-58/h1-24H,25-46H2/q+2. The van der Waals surface area contributed by atoms with Crippen LogP contribution >= 0.6 is 47.0 Å². The summed E-state index contributed by atoms with van der Waals surface area (Å²) in [7, 11) is 0. The summed E-state index contributed by atoms with van der Waals surface area (Å²) in [6.45, 7) is 11.8. The van der Waals surface area contributed by atoms with Crippen LogP contribution in [0.5, 0.6) is 0 Å². The lowest BCUT2D eigenvalue weighted by molar-refractivity contribution is -0.689. The molecular formula is C54H68N4O4S4+2. The van der Waals surface area contributed by atoms with Crippen LogP contribution in [0.25, 0.3) is 24.3 Å². The van der Waals surface area contributed by atoms with Gasteiger partial charge < -0.3 is 28.7 Å². The normalized spacial score (nSPS) is 17.8. The van der Waals surface area contributed by atoms with Crippen molar-refractivity contribution in [2.75, 3.05) is 135 Å². The van der Waals surface area contributed by atoms with E-state index in [1.807, 2.05) is 47.0 Å². The van der Waals surface area contributed by atoms with Crippen molar-refractivity contribution in [2.45, 2.75) is 13.1 Å². The molecule has 2 aliphatic heterocycles. The highest BCUT2D eigenvalue weighted by atomic mass is 32.2. The van der Waals surface area contributed by atoms with Gasteiger partial charge in [0.15, 0.2) is 37.9 Å².